The fourth-order valence-corrected chi connectivity index (χ4v) is 2.68. The van der Waals surface area contributed by atoms with Crippen LogP contribution in [0.1, 0.15) is 0 Å². The first-order valence-corrected chi connectivity index (χ1v) is 7.43. The van der Waals surface area contributed by atoms with Crippen molar-refractivity contribution >= 4 is 45.2 Å². The number of hydrogen-bond donors (Lipinski definition) is 2. The summed E-state index contributed by atoms with van der Waals surface area (Å²) in [5.74, 6) is 0.468. The Labute approximate surface area is 142 Å². The molecule has 7 nitrogen and oxygen atoms in total. The number of fused-ring (bicyclic) bond motifs is 2. The summed E-state index contributed by atoms with van der Waals surface area (Å²) in [4.78, 5) is 8.26. The van der Waals surface area contributed by atoms with Crippen molar-refractivity contribution in [2.24, 2.45) is 0 Å². The minimum Gasteiger partial charge on any atom is -0.336 e. The molecule has 0 bridgehead atoms. The Kier molecular flexibility index (Phi) is 3.49. The van der Waals surface area contributed by atoms with Gasteiger partial charge in [0.25, 0.3) is 0 Å². The highest BCUT2D eigenvalue weighted by Gasteiger charge is 2.30. The van der Waals surface area contributed by atoms with Gasteiger partial charge in [-0.2, -0.15) is 23.4 Å². The number of nitrogens with zero attached hydrogens (tertiary/aromatic N) is 5. The number of nitrogens with one attached hydrogen (secondary N) is 2. The lowest BCUT2D eigenvalue weighted by Crippen LogP contribution is -2.18. The molecule has 0 radical (unpaired) electrons. The third kappa shape index (κ3) is 2.95. The maximum Gasteiger partial charge on any atom is 0.408 e. The number of pyridine rings is 2. The number of rotatable bonds is 3. The number of alkyl halides is 3. The summed E-state index contributed by atoms with van der Waals surface area (Å²) in [6.07, 6.45) is -1.40. The van der Waals surface area contributed by atoms with E-state index in [1.165, 1.54) is 6.20 Å². The summed E-state index contributed by atoms with van der Waals surface area (Å²) in [5.41, 5.74) is 1.93. The minimum atomic E-state index is -4.42. The van der Waals surface area contributed by atoms with Crippen molar-refractivity contribution in [2.45, 2.75) is 12.7 Å². The van der Waals surface area contributed by atoms with Gasteiger partial charge in [0.15, 0.2) is 16.6 Å². The van der Waals surface area contributed by atoms with Gasteiger partial charge in [0.05, 0.1) is 22.8 Å². The topological polar surface area (TPSA) is 84.3 Å². The summed E-state index contributed by atoms with van der Waals surface area (Å²) < 4.78 is 38.5. The third-order valence-corrected chi connectivity index (χ3v) is 3.73. The Morgan fingerprint density at radius 2 is 2.12 bits per heavy atom. The second kappa shape index (κ2) is 5.59. The number of anilines is 2. The number of aromatic amines is 1. The molecule has 4 heterocycles. The standard InChI is InChI=1S/C14H9ClF3N7/c15-11-8-4-7(5-20-13(8)25(24-11)6-14(16,17)18)21-12-10-9(22-23-12)2-1-3-19-10/h1-5H,6H2,(H2,21,22,23). The molecule has 0 fully saturated rings. The number of aromatic nitrogens is 6. The first-order valence-electron chi connectivity index (χ1n) is 7.06. The first-order chi connectivity index (χ1) is 11.9. The summed E-state index contributed by atoms with van der Waals surface area (Å²) >= 11 is 5.95. The Balaban J connectivity index is 1.71. The Hall–Kier alpha value is -2.88. The molecule has 4 aromatic rings. The Morgan fingerprint density at radius 1 is 1.28 bits per heavy atom. The van der Waals surface area contributed by atoms with Crippen LogP contribution in [0.3, 0.4) is 0 Å². The number of halogens is 4. The van der Waals surface area contributed by atoms with Crippen LogP contribution in [-0.4, -0.2) is 36.1 Å². The van der Waals surface area contributed by atoms with E-state index in [9.17, 15) is 13.2 Å². The molecule has 0 saturated heterocycles. The highest BCUT2D eigenvalue weighted by atomic mass is 35.5. The fourth-order valence-electron chi connectivity index (χ4n) is 2.45. The van der Waals surface area contributed by atoms with Gasteiger partial charge in [0.1, 0.15) is 12.1 Å². The third-order valence-electron chi connectivity index (χ3n) is 3.45. The van der Waals surface area contributed by atoms with Gasteiger partial charge in [-0.05, 0) is 18.2 Å². The molecule has 2 N–H and O–H groups in total. The van der Waals surface area contributed by atoms with Gasteiger partial charge >= 0.3 is 6.18 Å². The van der Waals surface area contributed by atoms with E-state index >= 15 is 0 Å². The van der Waals surface area contributed by atoms with E-state index in [0.717, 1.165) is 10.2 Å². The molecular weight excluding hydrogens is 359 g/mol. The van der Waals surface area contributed by atoms with Gasteiger partial charge < -0.3 is 5.32 Å². The van der Waals surface area contributed by atoms with Crippen molar-refractivity contribution in [3.8, 4) is 0 Å². The second-order valence-corrected chi connectivity index (χ2v) is 5.61. The van der Waals surface area contributed by atoms with E-state index in [1.807, 2.05) is 6.07 Å². The SMILES string of the molecule is FC(F)(F)Cn1nc(Cl)c2cc(Nc3n[nH]c4cccnc34)cnc21. The van der Waals surface area contributed by atoms with Crippen molar-refractivity contribution in [3.05, 3.63) is 35.7 Å². The summed E-state index contributed by atoms with van der Waals surface area (Å²) in [7, 11) is 0. The molecule has 0 unspecified atom stereocenters. The summed E-state index contributed by atoms with van der Waals surface area (Å²) in [6, 6.07) is 5.15. The van der Waals surface area contributed by atoms with Gasteiger partial charge in [-0.1, -0.05) is 11.6 Å². The molecule has 25 heavy (non-hydrogen) atoms. The Morgan fingerprint density at radius 3 is 2.92 bits per heavy atom. The van der Waals surface area contributed by atoms with E-state index < -0.39 is 12.7 Å². The van der Waals surface area contributed by atoms with Crippen LogP contribution in [-0.2, 0) is 6.54 Å². The Bertz CT molecular complexity index is 1070. The van der Waals surface area contributed by atoms with E-state index in [1.54, 1.807) is 18.3 Å². The van der Waals surface area contributed by atoms with Gasteiger partial charge in [0.2, 0.25) is 0 Å². The number of H-pyrrole nitrogens is 1. The zero-order chi connectivity index (χ0) is 17.6. The maximum absolute atomic E-state index is 12.6. The van der Waals surface area contributed by atoms with Gasteiger partial charge in [-0.15, -0.1) is 0 Å². The molecule has 0 aliphatic rings. The lowest BCUT2D eigenvalue weighted by Gasteiger charge is -2.07. The minimum absolute atomic E-state index is 0.0536. The smallest absolute Gasteiger partial charge is 0.336 e. The average Bonchev–Trinajstić information content (AvgIpc) is 3.08. The van der Waals surface area contributed by atoms with Crippen molar-refractivity contribution in [1.29, 1.82) is 0 Å². The normalized spacial score (nSPS) is 12.2. The van der Waals surface area contributed by atoms with Crippen LogP contribution >= 0.6 is 11.6 Å². The van der Waals surface area contributed by atoms with Crippen LogP contribution in [0.25, 0.3) is 22.1 Å². The summed E-state index contributed by atoms with van der Waals surface area (Å²) in [5, 5.41) is 13.9. The van der Waals surface area contributed by atoms with Crippen molar-refractivity contribution in [2.75, 3.05) is 5.32 Å². The largest absolute Gasteiger partial charge is 0.408 e. The molecule has 0 amide bonds. The summed E-state index contributed by atoms with van der Waals surface area (Å²) in [6.45, 7) is -1.26. The zero-order valence-corrected chi connectivity index (χ0v) is 13.1. The van der Waals surface area contributed by atoms with E-state index in [-0.39, 0.29) is 10.8 Å². The van der Waals surface area contributed by atoms with Crippen LogP contribution in [0.4, 0.5) is 24.7 Å². The highest BCUT2D eigenvalue weighted by molar-refractivity contribution is 6.34. The molecule has 11 heteroatoms. The van der Waals surface area contributed by atoms with Crippen LogP contribution in [0, 0.1) is 0 Å². The average molecular weight is 368 g/mol. The van der Waals surface area contributed by atoms with Gasteiger partial charge in [0, 0.05) is 6.20 Å². The van der Waals surface area contributed by atoms with Crippen molar-refractivity contribution < 1.29 is 13.2 Å². The predicted octanol–water partition coefficient (Wildman–Crippen LogP) is 3.66. The van der Waals surface area contributed by atoms with E-state index in [0.29, 0.717) is 22.4 Å². The lowest BCUT2D eigenvalue weighted by molar-refractivity contribution is -0.141. The van der Waals surface area contributed by atoms with Crippen molar-refractivity contribution in [3.63, 3.8) is 0 Å². The van der Waals surface area contributed by atoms with Crippen LogP contribution in [0.2, 0.25) is 5.15 Å². The molecule has 4 rings (SSSR count). The second-order valence-electron chi connectivity index (χ2n) is 5.26. The number of hydrogen-bond acceptors (Lipinski definition) is 5. The quantitative estimate of drug-likeness (QED) is 0.577. The highest BCUT2D eigenvalue weighted by Crippen LogP contribution is 2.28. The van der Waals surface area contributed by atoms with Gasteiger partial charge in [-0.25, -0.2) is 9.67 Å². The molecule has 4 aromatic heterocycles. The zero-order valence-electron chi connectivity index (χ0n) is 12.3. The molecule has 0 aromatic carbocycles. The monoisotopic (exact) mass is 367 g/mol. The van der Waals surface area contributed by atoms with Crippen LogP contribution in [0.15, 0.2) is 30.6 Å². The van der Waals surface area contributed by atoms with Gasteiger partial charge in [-0.3, -0.25) is 10.1 Å². The molecule has 0 aliphatic carbocycles. The molecule has 128 valence electrons. The molecular formula is C14H9ClF3N7. The van der Waals surface area contributed by atoms with E-state index in [4.69, 9.17) is 11.6 Å². The first kappa shape index (κ1) is 15.6. The van der Waals surface area contributed by atoms with Crippen LogP contribution < -0.4 is 5.32 Å². The lowest BCUT2D eigenvalue weighted by atomic mass is 10.3. The molecule has 0 atom stereocenters. The molecule has 0 spiro atoms. The molecule has 0 aliphatic heterocycles. The predicted molar refractivity (Wildman–Crippen MR) is 85.8 cm³/mol. The van der Waals surface area contributed by atoms with Crippen molar-refractivity contribution in [1.82, 2.24) is 29.9 Å². The molecule has 0 saturated carbocycles. The maximum atomic E-state index is 12.6. The fraction of sp³-hybridized carbons (Fsp3) is 0.143. The van der Waals surface area contributed by atoms with E-state index in [2.05, 4.69) is 30.6 Å². The van der Waals surface area contributed by atoms with Crippen LogP contribution in [0.5, 0.6) is 0 Å².